The van der Waals surface area contributed by atoms with E-state index in [0.717, 1.165) is 18.3 Å². The maximum Gasteiger partial charge on any atom is 0.120 e. The summed E-state index contributed by atoms with van der Waals surface area (Å²) in [5, 5.41) is 1.14. The van der Waals surface area contributed by atoms with E-state index in [2.05, 4.69) is 4.90 Å². The fourth-order valence-electron chi connectivity index (χ4n) is 3.16. The van der Waals surface area contributed by atoms with Gasteiger partial charge in [0, 0.05) is 12.6 Å². The summed E-state index contributed by atoms with van der Waals surface area (Å²) in [6, 6.07) is 5.49. The lowest BCUT2D eigenvalue weighted by molar-refractivity contribution is 0.0751. The molecule has 1 aliphatic heterocycles. The smallest absolute Gasteiger partial charge is 0.120 e. The zero-order chi connectivity index (χ0) is 13.9. The van der Waals surface area contributed by atoms with Gasteiger partial charge in [-0.2, -0.15) is 0 Å². The molecule has 0 bridgehead atoms. The van der Waals surface area contributed by atoms with Crippen molar-refractivity contribution in [2.24, 2.45) is 11.8 Å². The van der Waals surface area contributed by atoms with Crippen molar-refractivity contribution in [3.8, 4) is 5.75 Å². The molecule has 0 amide bonds. The molecule has 1 heterocycles. The van der Waals surface area contributed by atoms with Gasteiger partial charge in [-0.3, -0.25) is 0 Å². The SMILES string of the molecule is Clc1ccc(OC[C@@H]2CC[C@@H]2CN2CCCC2)cc1Cl. The van der Waals surface area contributed by atoms with Crippen LogP contribution in [-0.2, 0) is 0 Å². The van der Waals surface area contributed by atoms with E-state index in [9.17, 15) is 0 Å². The van der Waals surface area contributed by atoms with Crippen LogP contribution in [0.5, 0.6) is 5.75 Å². The lowest BCUT2D eigenvalue weighted by Crippen LogP contribution is -2.39. The summed E-state index contributed by atoms with van der Waals surface area (Å²) in [5.74, 6) is 2.34. The van der Waals surface area contributed by atoms with Crippen molar-refractivity contribution in [3.05, 3.63) is 28.2 Å². The molecule has 2 fully saturated rings. The van der Waals surface area contributed by atoms with Crippen molar-refractivity contribution in [1.82, 2.24) is 4.90 Å². The monoisotopic (exact) mass is 313 g/mol. The van der Waals surface area contributed by atoms with Gasteiger partial charge in [0.25, 0.3) is 0 Å². The first kappa shape index (κ1) is 14.5. The maximum absolute atomic E-state index is 6.00. The molecule has 1 saturated carbocycles. The number of ether oxygens (including phenoxy) is 1. The van der Waals surface area contributed by atoms with Crippen LogP contribution in [0.15, 0.2) is 18.2 Å². The van der Waals surface area contributed by atoms with E-state index in [0.29, 0.717) is 16.0 Å². The number of hydrogen-bond donors (Lipinski definition) is 0. The van der Waals surface area contributed by atoms with Gasteiger partial charge in [0.1, 0.15) is 5.75 Å². The van der Waals surface area contributed by atoms with Gasteiger partial charge in [-0.05, 0) is 62.7 Å². The van der Waals surface area contributed by atoms with Crippen LogP contribution >= 0.6 is 23.2 Å². The molecule has 110 valence electrons. The van der Waals surface area contributed by atoms with Gasteiger partial charge in [-0.15, -0.1) is 0 Å². The summed E-state index contributed by atoms with van der Waals surface area (Å²) >= 11 is 11.9. The molecule has 0 spiro atoms. The van der Waals surface area contributed by atoms with Gasteiger partial charge in [0.05, 0.1) is 16.7 Å². The van der Waals surface area contributed by atoms with Gasteiger partial charge in [-0.1, -0.05) is 23.2 Å². The quantitative estimate of drug-likeness (QED) is 0.794. The Morgan fingerprint density at radius 2 is 1.80 bits per heavy atom. The third-order valence-electron chi connectivity index (χ3n) is 4.62. The molecule has 3 rings (SSSR count). The lowest BCUT2D eigenvalue weighted by atomic mass is 9.74. The summed E-state index contributed by atoms with van der Waals surface area (Å²) in [6.45, 7) is 4.64. The van der Waals surface area contributed by atoms with Crippen LogP contribution in [0.2, 0.25) is 10.0 Å². The Bertz CT molecular complexity index is 460. The molecular weight excluding hydrogens is 293 g/mol. The molecule has 0 N–H and O–H groups in total. The molecule has 1 aliphatic carbocycles. The van der Waals surface area contributed by atoms with Crippen molar-refractivity contribution in [2.75, 3.05) is 26.2 Å². The highest BCUT2D eigenvalue weighted by Crippen LogP contribution is 2.36. The molecule has 1 aromatic rings. The predicted molar refractivity (Wildman–Crippen MR) is 83.8 cm³/mol. The molecule has 1 saturated heterocycles. The fourth-order valence-corrected chi connectivity index (χ4v) is 3.45. The molecule has 0 aromatic heterocycles. The first-order valence-electron chi connectivity index (χ1n) is 7.52. The van der Waals surface area contributed by atoms with Gasteiger partial charge in [0.2, 0.25) is 0 Å². The summed E-state index contributed by atoms with van der Waals surface area (Å²) < 4.78 is 5.88. The first-order valence-corrected chi connectivity index (χ1v) is 8.28. The number of halogens is 2. The third-order valence-corrected chi connectivity index (χ3v) is 5.36. The second kappa shape index (κ2) is 6.55. The van der Waals surface area contributed by atoms with E-state index in [1.54, 1.807) is 12.1 Å². The highest BCUT2D eigenvalue weighted by atomic mass is 35.5. The fraction of sp³-hybridized carbons (Fsp3) is 0.625. The van der Waals surface area contributed by atoms with Crippen molar-refractivity contribution >= 4 is 23.2 Å². The van der Waals surface area contributed by atoms with E-state index in [1.165, 1.54) is 45.3 Å². The largest absolute Gasteiger partial charge is 0.493 e. The van der Waals surface area contributed by atoms with Crippen LogP contribution in [0.25, 0.3) is 0 Å². The Labute approximate surface area is 131 Å². The summed E-state index contributed by atoms with van der Waals surface area (Å²) in [6.07, 6.45) is 5.39. The molecule has 2 aliphatic rings. The Morgan fingerprint density at radius 1 is 1.05 bits per heavy atom. The second-order valence-electron chi connectivity index (χ2n) is 5.99. The Morgan fingerprint density at radius 3 is 2.45 bits per heavy atom. The van der Waals surface area contributed by atoms with Crippen LogP contribution in [0.4, 0.5) is 0 Å². The Balaban J connectivity index is 1.46. The number of nitrogens with zero attached hydrogens (tertiary/aromatic N) is 1. The highest BCUT2D eigenvalue weighted by Gasteiger charge is 2.33. The van der Waals surface area contributed by atoms with Gasteiger partial charge >= 0.3 is 0 Å². The summed E-state index contributed by atoms with van der Waals surface area (Å²) in [4.78, 5) is 2.61. The second-order valence-corrected chi connectivity index (χ2v) is 6.81. The van der Waals surface area contributed by atoms with Gasteiger partial charge < -0.3 is 9.64 Å². The Kier molecular flexibility index (Phi) is 4.75. The van der Waals surface area contributed by atoms with E-state index in [-0.39, 0.29) is 0 Å². The van der Waals surface area contributed by atoms with Crippen molar-refractivity contribution in [3.63, 3.8) is 0 Å². The van der Waals surface area contributed by atoms with E-state index < -0.39 is 0 Å². The highest BCUT2D eigenvalue weighted by molar-refractivity contribution is 6.42. The minimum atomic E-state index is 0.561. The minimum absolute atomic E-state index is 0.561. The van der Waals surface area contributed by atoms with Crippen molar-refractivity contribution < 1.29 is 4.74 Å². The molecular formula is C16H21Cl2NO. The van der Waals surface area contributed by atoms with E-state index in [4.69, 9.17) is 27.9 Å². The zero-order valence-electron chi connectivity index (χ0n) is 11.7. The molecule has 0 radical (unpaired) electrons. The van der Waals surface area contributed by atoms with Crippen LogP contribution in [0, 0.1) is 11.8 Å². The topological polar surface area (TPSA) is 12.5 Å². The number of benzene rings is 1. The number of likely N-dealkylation sites (tertiary alicyclic amines) is 1. The minimum Gasteiger partial charge on any atom is -0.493 e. The zero-order valence-corrected chi connectivity index (χ0v) is 13.2. The first-order chi connectivity index (χ1) is 9.72. The molecule has 1 aromatic carbocycles. The average Bonchev–Trinajstić information content (AvgIpc) is 2.92. The molecule has 2 nitrogen and oxygen atoms in total. The summed E-state index contributed by atoms with van der Waals surface area (Å²) in [7, 11) is 0. The van der Waals surface area contributed by atoms with Crippen LogP contribution in [-0.4, -0.2) is 31.1 Å². The molecule has 0 unspecified atom stereocenters. The Hall–Kier alpha value is -0.440. The normalized spacial score (nSPS) is 26.5. The maximum atomic E-state index is 6.00. The number of hydrogen-bond acceptors (Lipinski definition) is 2. The van der Waals surface area contributed by atoms with Gasteiger partial charge in [0.15, 0.2) is 0 Å². The number of rotatable bonds is 5. The van der Waals surface area contributed by atoms with E-state index >= 15 is 0 Å². The van der Waals surface area contributed by atoms with Crippen LogP contribution < -0.4 is 4.74 Å². The average molecular weight is 314 g/mol. The molecule has 20 heavy (non-hydrogen) atoms. The standard InChI is InChI=1S/C16H21Cl2NO/c17-15-6-5-14(9-16(15)18)20-11-13-4-3-12(13)10-19-7-1-2-8-19/h5-6,9,12-13H,1-4,7-8,10-11H2/t12-,13+/m1/s1. The van der Waals surface area contributed by atoms with Crippen LogP contribution in [0.1, 0.15) is 25.7 Å². The molecule has 4 heteroatoms. The van der Waals surface area contributed by atoms with Crippen molar-refractivity contribution in [1.29, 1.82) is 0 Å². The predicted octanol–water partition coefficient (Wildman–Crippen LogP) is 4.49. The van der Waals surface area contributed by atoms with Crippen LogP contribution in [0.3, 0.4) is 0 Å². The van der Waals surface area contributed by atoms with Crippen molar-refractivity contribution in [2.45, 2.75) is 25.7 Å². The van der Waals surface area contributed by atoms with E-state index in [1.807, 2.05) is 6.07 Å². The third kappa shape index (κ3) is 3.41. The summed E-state index contributed by atoms with van der Waals surface area (Å²) in [5.41, 5.74) is 0. The lowest BCUT2D eigenvalue weighted by Gasteiger charge is -2.38. The van der Waals surface area contributed by atoms with Gasteiger partial charge in [-0.25, -0.2) is 0 Å². The molecule has 2 atom stereocenters.